The van der Waals surface area contributed by atoms with Gasteiger partial charge in [-0.3, -0.25) is 19.4 Å². The molecule has 1 aromatic carbocycles. The van der Waals surface area contributed by atoms with Gasteiger partial charge in [0, 0.05) is 45.1 Å². The van der Waals surface area contributed by atoms with Crippen LogP contribution in [0.2, 0.25) is 0 Å². The van der Waals surface area contributed by atoms with Crippen LogP contribution in [0.1, 0.15) is 13.3 Å². The van der Waals surface area contributed by atoms with Gasteiger partial charge in [-0.2, -0.15) is 0 Å². The summed E-state index contributed by atoms with van der Waals surface area (Å²) in [7, 11) is 1.67. The van der Waals surface area contributed by atoms with Gasteiger partial charge in [0.05, 0.1) is 25.4 Å². The van der Waals surface area contributed by atoms with Crippen molar-refractivity contribution in [3.05, 3.63) is 24.3 Å². The van der Waals surface area contributed by atoms with Crippen LogP contribution in [0.25, 0.3) is 0 Å². The highest BCUT2D eigenvalue weighted by molar-refractivity contribution is 6.03. The Kier molecular flexibility index (Phi) is 5.78. The Morgan fingerprint density at radius 2 is 1.85 bits per heavy atom. The molecule has 2 heterocycles. The number of piperazine rings is 1. The molecule has 0 aliphatic carbocycles. The van der Waals surface area contributed by atoms with Crippen LogP contribution in [-0.4, -0.2) is 79.2 Å². The largest absolute Gasteiger partial charge is 0.495 e. The molecule has 2 saturated heterocycles. The molecule has 0 spiro atoms. The smallest absolute Gasteiger partial charge is 0.232 e. The van der Waals surface area contributed by atoms with Crippen LogP contribution < -0.4 is 9.64 Å². The topological polar surface area (TPSA) is 73.3 Å². The summed E-state index contributed by atoms with van der Waals surface area (Å²) in [4.78, 5) is 29.5. The van der Waals surface area contributed by atoms with E-state index < -0.39 is 6.10 Å². The van der Waals surface area contributed by atoms with E-state index in [0.29, 0.717) is 6.54 Å². The third-order valence-electron chi connectivity index (χ3n) is 5.13. The number of hydrogen-bond acceptors (Lipinski definition) is 6. The molecule has 26 heavy (non-hydrogen) atoms. The van der Waals surface area contributed by atoms with Gasteiger partial charge in [0.1, 0.15) is 5.75 Å². The number of aliphatic hydroxyl groups is 1. The predicted molar refractivity (Wildman–Crippen MR) is 98.2 cm³/mol. The Morgan fingerprint density at radius 3 is 2.46 bits per heavy atom. The average Bonchev–Trinajstić information content (AvgIpc) is 2.88. The zero-order valence-corrected chi connectivity index (χ0v) is 15.4. The second-order valence-corrected chi connectivity index (χ2v) is 7.06. The van der Waals surface area contributed by atoms with Crippen molar-refractivity contribution in [2.24, 2.45) is 5.92 Å². The number of methoxy groups -OCH3 is 1. The van der Waals surface area contributed by atoms with Crippen molar-refractivity contribution < 1.29 is 19.4 Å². The number of likely N-dealkylation sites (tertiary alicyclic amines) is 1. The van der Waals surface area contributed by atoms with E-state index in [2.05, 4.69) is 15.9 Å². The van der Waals surface area contributed by atoms with Crippen molar-refractivity contribution >= 4 is 17.5 Å². The first-order chi connectivity index (χ1) is 12.5. The van der Waals surface area contributed by atoms with E-state index in [4.69, 9.17) is 4.74 Å². The van der Waals surface area contributed by atoms with Crippen molar-refractivity contribution in [2.75, 3.05) is 51.3 Å². The molecule has 3 rings (SSSR count). The summed E-state index contributed by atoms with van der Waals surface area (Å²) >= 11 is 0. The summed E-state index contributed by atoms with van der Waals surface area (Å²) in [6.45, 7) is 5.61. The second kappa shape index (κ2) is 8.05. The Balaban J connectivity index is 1.49. The number of ether oxygens (including phenoxy) is 1. The third kappa shape index (κ3) is 3.99. The van der Waals surface area contributed by atoms with E-state index in [9.17, 15) is 14.7 Å². The second-order valence-electron chi connectivity index (χ2n) is 7.06. The molecule has 2 aliphatic rings. The van der Waals surface area contributed by atoms with E-state index in [1.165, 1.54) is 4.90 Å². The SMILES string of the molecule is COc1ccccc1N1CCN(CC(O)CN2C(=O)CC(C)C2=O)CC1. The predicted octanol–water partition coefficient (Wildman–Crippen LogP) is 0.573. The first kappa shape index (κ1) is 18.7. The zero-order valence-electron chi connectivity index (χ0n) is 15.4. The molecule has 0 saturated carbocycles. The highest BCUT2D eigenvalue weighted by Crippen LogP contribution is 2.28. The van der Waals surface area contributed by atoms with Crippen molar-refractivity contribution in [3.63, 3.8) is 0 Å². The van der Waals surface area contributed by atoms with Gasteiger partial charge in [-0.1, -0.05) is 19.1 Å². The van der Waals surface area contributed by atoms with Gasteiger partial charge in [-0.25, -0.2) is 0 Å². The number of rotatable bonds is 6. The van der Waals surface area contributed by atoms with Gasteiger partial charge in [-0.15, -0.1) is 0 Å². The van der Waals surface area contributed by atoms with Crippen LogP contribution in [0.5, 0.6) is 5.75 Å². The van der Waals surface area contributed by atoms with Crippen LogP contribution >= 0.6 is 0 Å². The number of anilines is 1. The first-order valence-electron chi connectivity index (χ1n) is 9.12. The molecule has 0 bridgehead atoms. The average molecular weight is 361 g/mol. The lowest BCUT2D eigenvalue weighted by molar-refractivity contribution is -0.141. The summed E-state index contributed by atoms with van der Waals surface area (Å²) in [5.74, 6) is 0.248. The summed E-state index contributed by atoms with van der Waals surface area (Å²) in [6.07, 6.45) is -0.464. The number of β-amino-alcohol motifs (C(OH)–C–C–N with tert-alkyl or cyclic N) is 1. The Labute approximate surface area is 154 Å². The number of aliphatic hydroxyl groups excluding tert-OH is 1. The minimum absolute atomic E-state index is 0.0920. The molecule has 7 nitrogen and oxygen atoms in total. The highest BCUT2D eigenvalue weighted by Gasteiger charge is 2.36. The molecule has 1 aromatic rings. The quantitative estimate of drug-likeness (QED) is 0.747. The summed E-state index contributed by atoms with van der Waals surface area (Å²) in [6, 6.07) is 7.96. The molecule has 2 unspecified atom stereocenters. The number of para-hydroxylation sites is 2. The molecule has 2 atom stereocenters. The van der Waals surface area contributed by atoms with Crippen LogP contribution in [-0.2, 0) is 9.59 Å². The molecule has 1 N–H and O–H groups in total. The molecule has 0 radical (unpaired) electrons. The minimum atomic E-state index is -0.717. The number of carbonyl (C=O) groups excluding carboxylic acids is 2. The van der Waals surface area contributed by atoms with Crippen molar-refractivity contribution in [1.82, 2.24) is 9.80 Å². The lowest BCUT2D eigenvalue weighted by atomic mass is 10.1. The van der Waals surface area contributed by atoms with E-state index >= 15 is 0 Å². The minimum Gasteiger partial charge on any atom is -0.495 e. The number of imide groups is 1. The Morgan fingerprint density at radius 1 is 1.15 bits per heavy atom. The third-order valence-corrected chi connectivity index (χ3v) is 5.13. The normalized spacial score (nSPS) is 22.8. The number of amides is 2. The standard InChI is InChI=1S/C19H27N3O4/c1-14-11-18(24)22(19(14)25)13-15(23)12-20-7-9-21(10-8-20)16-5-3-4-6-17(16)26-2/h3-6,14-15,23H,7-13H2,1-2H3. The number of benzene rings is 1. The maximum Gasteiger partial charge on any atom is 0.232 e. The maximum atomic E-state index is 12.0. The fraction of sp³-hybridized carbons (Fsp3) is 0.579. The molecule has 0 aromatic heterocycles. The van der Waals surface area contributed by atoms with Gasteiger partial charge in [-0.05, 0) is 12.1 Å². The van der Waals surface area contributed by atoms with Gasteiger partial charge < -0.3 is 14.7 Å². The lowest BCUT2D eigenvalue weighted by Crippen LogP contribution is -2.50. The van der Waals surface area contributed by atoms with E-state index in [1.807, 2.05) is 18.2 Å². The lowest BCUT2D eigenvalue weighted by Gasteiger charge is -2.37. The molecule has 2 aliphatic heterocycles. The van der Waals surface area contributed by atoms with Crippen LogP contribution in [0.3, 0.4) is 0 Å². The Hall–Kier alpha value is -2.12. The number of carbonyl (C=O) groups is 2. The van der Waals surface area contributed by atoms with E-state index in [1.54, 1.807) is 14.0 Å². The van der Waals surface area contributed by atoms with Gasteiger partial charge >= 0.3 is 0 Å². The van der Waals surface area contributed by atoms with Crippen molar-refractivity contribution in [2.45, 2.75) is 19.4 Å². The van der Waals surface area contributed by atoms with Crippen LogP contribution in [0.15, 0.2) is 24.3 Å². The fourth-order valence-corrected chi connectivity index (χ4v) is 3.67. The monoisotopic (exact) mass is 361 g/mol. The number of hydrogen-bond donors (Lipinski definition) is 1. The first-order valence-corrected chi connectivity index (χ1v) is 9.12. The maximum absolute atomic E-state index is 12.0. The van der Waals surface area contributed by atoms with Crippen LogP contribution in [0.4, 0.5) is 5.69 Å². The molecule has 7 heteroatoms. The Bertz CT molecular complexity index is 658. The molecule has 2 fully saturated rings. The summed E-state index contributed by atoms with van der Waals surface area (Å²) < 4.78 is 5.43. The van der Waals surface area contributed by atoms with Crippen molar-refractivity contribution in [1.29, 1.82) is 0 Å². The molecule has 142 valence electrons. The van der Waals surface area contributed by atoms with Crippen molar-refractivity contribution in [3.8, 4) is 5.75 Å². The van der Waals surface area contributed by atoms with Gasteiger partial charge in [0.15, 0.2) is 0 Å². The molecular weight excluding hydrogens is 334 g/mol. The van der Waals surface area contributed by atoms with Gasteiger partial charge in [0.25, 0.3) is 0 Å². The number of nitrogens with zero attached hydrogens (tertiary/aromatic N) is 3. The summed E-state index contributed by atoms with van der Waals surface area (Å²) in [5, 5.41) is 10.3. The fourth-order valence-electron chi connectivity index (χ4n) is 3.67. The zero-order chi connectivity index (χ0) is 18.7. The van der Waals surface area contributed by atoms with E-state index in [-0.39, 0.29) is 30.7 Å². The summed E-state index contributed by atoms with van der Waals surface area (Å²) in [5.41, 5.74) is 1.08. The van der Waals surface area contributed by atoms with Crippen LogP contribution in [0, 0.1) is 5.92 Å². The van der Waals surface area contributed by atoms with Gasteiger partial charge in [0.2, 0.25) is 11.8 Å². The molecule has 2 amide bonds. The highest BCUT2D eigenvalue weighted by atomic mass is 16.5. The van der Waals surface area contributed by atoms with E-state index in [0.717, 1.165) is 37.6 Å². The molecular formula is C19H27N3O4.